The van der Waals surface area contributed by atoms with Crippen molar-refractivity contribution in [3.05, 3.63) is 10.8 Å². The van der Waals surface area contributed by atoms with E-state index in [1.54, 1.807) is 11.3 Å². The molecule has 1 aromatic heterocycles. The molecule has 1 aliphatic rings. The number of hydrogen-bond acceptors (Lipinski definition) is 4. The average molecular weight is 382 g/mol. The van der Waals surface area contributed by atoms with Crippen LogP contribution in [0.4, 0.5) is 0 Å². The zero-order valence-electron chi connectivity index (χ0n) is 10.4. The van der Waals surface area contributed by atoms with Crippen molar-refractivity contribution < 1.29 is 14.2 Å². The van der Waals surface area contributed by atoms with Gasteiger partial charge in [0, 0.05) is 17.4 Å². The van der Waals surface area contributed by atoms with E-state index in [1.807, 2.05) is 10.8 Å². The van der Waals surface area contributed by atoms with Crippen LogP contribution in [0.5, 0.6) is 11.5 Å². The Hall–Kier alpha value is -0.0100. The SMILES string of the molecule is ICCCCCCOCC1COc2cscc2O1. The summed E-state index contributed by atoms with van der Waals surface area (Å²) in [7, 11) is 0. The Bertz CT molecular complexity index is 343. The molecule has 0 amide bonds. The van der Waals surface area contributed by atoms with Crippen molar-refractivity contribution >= 4 is 33.9 Å². The van der Waals surface area contributed by atoms with E-state index >= 15 is 0 Å². The van der Waals surface area contributed by atoms with Crippen molar-refractivity contribution in [1.29, 1.82) is 0 Å². The van der Waals surface area contributed by atoms with Gasteiger partial charge >= 0.3 is 0 Å². The minimum atomic E-state index is 0.0430. The number of halogens is 1. The standard InChI is InChI=1S/C13H19IO3S/c14-5-3-1-2-4-6-15-7-11-8-16-12-9-18-10-13(12)17-11/h9-11H,1-8H2. The van der Waals surface area contributed by atoms with Crippen LogP contribution in [-0.2, 0) is 4.74 Å². The van der Waals surface area contributed by atoms with Crippen LogP contribution >= 0.6 is 33.9 Å². The highest BCUT2D eigenvalue weighted by atomic mass is 127. The topological polar surface area (TPSA) is 27.7 Å². The second-order valence-corrected chi connectivity index (χ2v) is 6.15. The summed E-state index contributed by atoms with van der Waals surface area (Å²) in [5, 5.41) is 3.95. The van der Waals surface area contributed by atoms with E-state index in [4.69, 9.17) is 14.2 Å². The predicted octanol–water partition coefficient (Wildman–Crippen LogP) is 3.90. The number of thiophene rings is 1. The maximum absolute atomic E-state index is 5.78. The number of hydrogen-bond donors (Lipinski definition) is 0. The molecule has 102 valence electrons. The van der Waals surface area contributed by atoms with Gasteiger partial charge in [-0.25, -0.2) is 0 Å². The van der Waals surface area contributed by atoms with Gasteiger partial charge in [0.05, 0.1) is 6.61 Å². The van der Waals surface area contributed by atoms with Crippen LogP contribution in [0.25, 0.3) is 0 Å². The third-order valence-corrected chi connectivity index (χ3v) is 4.25. The highest BCUT2D eigenvalue weighted by Crippen LogP contribution is 2.35. The number of unbranched alkanes of at least 4 members (excludes halogenated alkanes) is 3. The first-order valence-electron chi connectivity index (χ1n) is 6.39. The molecule has 1 aliphatic heterocycles. The molecule has 2 heterocycles. The first-order valence-corrected chi connectivity index (χ1v) is 8.86. The molecule has 0 aliphatic carbocycles. The Morgan fingerprint density at radius 2 is 2.06 bits per heavy atom. The molecule has 0 aromatic carbocycles. The van der Waals surface area contributed by atoms with Crippen molar-refractivity contribution in [1.82, 2.24) is 0 Å². The van der Waals surface area contributed by atoms with E-state index < -0.39 is 0 Å². The van der Waals surface area contributed by atoms with Crippen molar-refractivity contribution in [2.24, 2.45) is 0 Å². The summed E-state index contributed by atoms with van der Waals surface area (Å²) in [5.74, 6) is 1.73. The van der Waals surface area contributed by atoms with Crippen molar-refractivity contribution in [3.63, 3.8) is 0 Å². The molecular formula is C13H19IO3S. The van der Waals surface area contributed by atoms with Gasteiger partial charge in [-0.2, -0.15) is 0 Å². The first kappa shape index (κ1) is 14.4. The third-order valence-electron chi connectivity index (χ3n) is 2.79. The van der Waals surface area contributed by atoms with Crippen LogP contribution in [0.2, 0.25) is 0 Å². The van der Waals surface area contributed by atoms with Crippen LogP contribution in [-0.4, -0.2) is 30.4 Å². The van der Waals surface area contributed by atoms with Gasteiger partial charge in [-0.15, -0.1) is 11.3 Å². The molecular weight excluding hydrogens is 363 g/mol. The zero-order chi connectivity index (χ0) is 12.6. The predicted molar refractivity (Wildman–Crippen MR) is 82.4 cm³/mol. The van der Waals surface area contributed by atoms with Crippen molar-refractivity contribution in [2.45, 2.75) is 31.8 Å². The Morgan fingerprint density at radius 1 is 1.22 bits per heavy atom. The summed E-state index contributed by atoms with van der Waals surface area (Å²) in [6, 6.07) is 0. The smallest absolute Gasteiger partial charge is 0.172 e. The summed E-state index contributed by atoms with van der Waals surface area (Å²) in [6.45, 7) is 2.05. The lowest BCUT2D eigenvalue weighted by Gasteiger charge is -2.24. The molecule has 0 spiro atoms. The van der Waals surface area contributed by atoms with Gasteiger partial charge in [-0.3, -0.25) is 0 Å². The van der Waals surface area contributed by atoms with Crippen LogP contribution in [0.3, 0.4) is 0 Å². The molecule has 0 bridgehead atoms. The average Bonchev–Trinajstić information content (AvgIpc) is 2.85. The molecule has 1 aromatic rings. The van der Waals surface area contributed by atoms with Gasteiger partial charge in [-0.05, 0) is 17.3 Å². The van der Waals surface area contributed by atoms with Crippen LogP contribution in [0.15, 0.2) is 10.8 Å². The molecule has 0 saturated heterocycles. The van der Waals surface area contributed by atoms with Gasteiger partial charge in [0.25, 0.3) is 0 Å². The fourth-order valence-electron chi connectivity index (χ4n) is 1.81. The molecule has 0 fully saturated rings. The fraction of sp³-hybridized carbons (Fsp3) is 0.692. The minimum absolute atomic E-state index is 0.0430. The van der Waals surface area contributed by atoms with Crippen molar-refractivity contribution in [2.75, 3.05) is 24.2 Å². The number of ether oxygens (including phenoxy) is 3. The normalized spacial score (nSPS) is 17.9. The summed E-state index contributed by atoms with van der Waals surface area (Å²) >= 11 is 4.03. The lowest BCUT2D eigenvalue weighted by molar-refractivity contribution is 0.00845. The molecule has 0 radical (unpaired) electrons. The molecule has 0 saturated carbocycles. The summed E-state index contributed by atoms with van der Waals surface area (Å²) in [5.41, 5.74) is 0. The molecule has 2 rings (SSSR count). The highest BCUT2D eigenvalue weighted by Gasteiger charge is 2.21. The van der Waals surface area contributed by atoms with Crippen LogP contribution in [0.1, 0.15) is 25.7 Å². The third kappa shape index (κ3) is 4.59. The maximum Gasteiger partial charge on any atom is 0.172 e. The monoisotopic (exact) mass is 382 g/mol. The van der Waals surface area contributed by atoms with E-state index in [2.05, 4.69) is 22.6 Å². The van der Waals surface area contributed by atoms with Gasteiger partial charge in [0.2, 0.25) is 0 Å². The summed E-state index contributed by atoms with van der Waals surface area (Å²) in [6.07, 6.45) is 5.09. The quantitative estimate of drug-likeness (QED) is 0.388. The summed E-state index contributed by atoms with van der Waals surface area (Å²) in [4.78, 5) is 0. The molecule has 5 heteroatoms. The Morgan fingerprint density at radius 3 is 2.94 bits per heavy atom. The fourth-order valence-corrected chi connectivity index (χ4v) is 3.02. The van der Waals surface area contributed by atoms with Crippen LogP contribution < -0.4 is 9.47 Å². The Labute approximate surface area is 126 Å². The molecule has 3 nitrogen and oxygen atoms in total. The number of alkyl halides is 1. The molecule has 1 unspecified atom stereocenters. The molecule has 0 N–H and O–H groups in total. The number of rotatable bonds is 8. The first-order chi connectivity index (χ1) is 8.90. The van der Waals surface area contributed by atoms with Crippen molar-refractivity contribution in [3.8, 4) is 11.5 Å². The Kier molecular flexibility index (Phi) is 6.58. The molecule has 1 atom stereocenters. The van der Waals surface area contributed by atoms with Gasteiger partial charge in [0.1, 0.15) is 6.61 Å². The number of fused-ring (bicyclic) bond motifs is 1. The largest absolute Gasteiger partial charge is 0.485 e. The second-order valence-electron chi connectivity index (χ2n) is 4.33. The highest BCUT2D eigenvalue weighted by molar-refractivity contribution is 14.1. The van der Waals surface area contributed by atoms with Gasteiger partial charge in [-0.1, -0.05) is 35.4 Å². The van der Waals surface area contributed by atoms with Gasteiger partial charge < -0.3 is 14.2 Å². The molecule has 18 heavy (non-hydrogen) atoms. The minimum Gasteiger partial charge on any atom is -0.485 e. The summed E-state index contributed by atoms with van der Waals surface area (Å²) < 4.78 is 18.3. The maximum atomic E-state index is 5.78. The zero-order valence-corrected chi connectivity index (χ0v) is 13.4. The van der Waals surface area contributed by atoms with Crippen LogP contribution in [0, 0.1) is 0 Å². The lowest BCUT2D eigenvalue weighted by Crippen LogP contribution is -2.33. The van der Waals surface area contributed by atoms with E-state index in [9.17, 15) is 0 Å². The Balaban J connectivity index is 1.53. The van der Waals surface area contributed by atoms with E-state index in [1.165, 1.54) is 23.7 Å². The second kappa shape index (κ2) is 8.22. The van der Waals surface area contributed by atoms with Gasteiger partial charge in [0.15, 0.2) is 17.6 Å². The van der Waals surface area contributed by atoms with E-state index in [-0.39, 0.29) is 6.10 Å². The lowest BCUT2D eigenvalue weighted by atomic mass is 10.2. The van der Waals surface area contributed by atoms with E-state index in [0.29, 0.717) is 13.2 Å². The van der Waals surface area contributed by atoms with E-state index in [0.717, 1.165) is 24.5 Å².